The molecule has 0 saturated heterocycles. The minimum absolute atomic E-state index is 0.379. The lowest BCUT2D eigenvalue weighted by Crippen LogP contribution is -2.37. The Morgan fingerprint density at radius 2 is 2.18 bits per heavy atom. The summed E-state index contributed by atoms with van der Waals surface area (Å²) < 4.78 is 10.6. The standard InChI is InChI=1S/C12H21ClN2O2/c1-4-11(5-2)15(6-7-16-3)12-14-10(8-13)9-17-12/h9,11H,4-8H2,1-3H3. The summed E-state index contributed by atoms with van der Waals surface area (Å²) in [6.45, 7) is 5.78. The maximum absolute atomic E-state index is 5.73. The van der Waals surface area contributed by atoms with Crippen LogP contribution in [0.3, 0.4) is 0 Å². The van der Waals surface area contributed by atoms with Crippen molar-refractivity contribution in [3.05, 3.63) is 12.0 Å². The summed E-state index contributed by atoms with van der Waals surface area (Å²) in [7, 11) is 1.70. The van der Waals surface area contributed by atoms with Gasteiger partial charge in [-0.2, -0.15) is 4.98 Å². The molecule has 0 fully saturated rings. The first-order valence-corrected chi connectivity index (χ1v) is 6.56. The van der Waals surface area contributed by atoms with E-state index in [-0.39, 0.29) is 0 Å². The Balaban J connectivity index is 2.80. The van der Waals surface area contributed by atoms with E-state index >= 15 is 0 Å². The number of oxazole rings is 1. The molecule has 17 heavy (non-hydrogen) atoms. The van der Waals surface area contributed by atoms with Gasteiger partial charge in [0, 0.05) is 19.7 Å². The topological polar surface area (TPSA) is 38.5 Å². The van der Waals surface area contributed by atoms with Crippen LogP contribution < -0.4 is 4.90 Å². The molecule has 0 spiro atoms. The number of aromatic nitrogens is 1. The van der Waals surface area contributed by atoms with Crippen molar-refractivity contribution in [3.8, 4) is 0 Å². The molecule has 0 atom stereocenters. The van der Waals surface area contributed by atoms with Gasteiger partial charge in [0.15, 0.2) is 0 Å². The lowest BCUT2D eigenvalue weighted by molar-refractivity contribution is 0.201. The molecule has 0 aliphatic heterocycles. The van der Waals surface area contributed by atoms with Crippen LogP contribution in [-0.4, -0.2) is 31.3 Å². The smallest absolute Gasteiger partial charge is 0.297 e. The Bertz CT molecular complexity index is 313. The first-order valence-electron chi connectivity index (χ1n) is 6.02. The Labute approximate surface area is 108 Å². The number of anilines is 1. The van der Waals surface area contributed by atoms with Crippen molar-refractivity contribution < 1.29 is 9.15 Å². The van der Waals surface area contributed by atoms with Gasteiger partial charge < -0.3 is 14.1 Å². The molecule has 0 aromatic carbocycles. The minimum atomic E-state index is 0.379. The molecule has 0 radical (unpaired) electrons. The fourth-order valence-electron chi connectivity index (χ4n) is 1.84. The number of rotatable bonds is 8. The number of nitrogens with zero attached hydrogens (tertiary/aromatic N) is 2. The Morgan fingerprint density at radius 1 is 1.47 bits per heavy atom. The van der Waals surface area contributed by atoms with Gasteiger partial charge >= 0.3 is 0 Å². The van der Waals surface area contributed by atoms with E-state index in [4.69, 9.17) is 20.8 Å². The summed E-state index contributed by atoms with van der Waals surface area (Å²) in [5.74, 6) is 0.379. The highest BCUT2D eigenvalue weighted by Crippen LogP contribution is 2.20. The van der Waals surface area contributed by atoms with E-state index in [1.165, 1.54) is 0 Å². The van der Waals surface area contributed by atoms with E-state index in [2.05, 4.69) is 23.7 Å². The molecular weight excluding hydrogens is 240 g/mol. The van der Waals surface area contributed by atoms with Crippen LogP contribution in [-0.2, 0) is 10.6 Å². The Morgan fingerprint density at radius 3 is 2.65 bits per heavy atom. The third-order valence-corrected chi connectivity index (χ3v) is 3.12. The van der Waals surface area contributed by atoms with E-state index in [9.17, 15) is 0 Å². The SMILES string of the molecule is CCC(CC)N(CCOC)c1nc(CCl)co1. The summed E-state index contributed by atoms with van der Waals surface area (Å²) in [5.41, 5.74) is 0.773. The molecule has 1 heterocycles. The van der Waals surface area contributed by atoms with Gasteiger partial charge in [0.25, 0.3) is 6.01 Å². The molecule has 0 amide bonds. The number of hydrogen-bond donors (Lipinski definition) is 0. The van der Waals surface area contributed by atoms with Crippen molar-refractivity contribution >= 4 is 17.6 Å². The molecule has 0 aliphatic rings. The summed E-state index contributed by atoms with van der Waals surface area (Å²) in [5, 5.41) is 0. The van der Waals surface area contributed by atoms with Gasteiger partial charge in [0.2, 0.25) is 0 Å². The van der Waals surface area contributed by atoms with Gasteiger partial charge in [-0.3, -0.25) is 0 Å². The summed E-state index contributed by atoms with van der Waals surface area (Å²) in [4.78, 5) is 6.52. The number of methoxy groups -OCH3 is 1. The summed E-state index contributed by atoms with van der Waals surface area (Å²) in [6.07, 6.45) is 3.72. The average molecular weight is 261 g/mol. The highest BCUT2D eigenvalue weighted by molar-refractivity contribution is 6.16. The molecule has 1 aromatic heterocycles. The largest absolute Gasteiger partial charge is 0.432 e. The van der Waals surface area contributed by atoms with Crippen LogP contribution in [0.2, 0.25) is 0 Å². The van der Waals surface area contributed by atoms with Crippen LogP contribution >= 0.6 is 11.6 Å². The number of ether oxygens (including phenoxy) is 1. The molecule has 1 rings (SSSR count). The Kier molecular flexibility index (Phi) is 6.37. The maximum Gasteiger partial charge on any atom is 0.297 e. The molecule has 98 valence electrons. The molecule has 0 saturated carbocycles. The number of alkyl halides is 1. The third kappa shape index (κ3) is 3.89. The zero-order valence-electron chi connectivity index (χ0n) is 10.8. The van der Waals surface area contributed by atoms with Gasteiger partial charge in [-0.25, -0.2) is 0 Å². The predicted molar refractivity (Wildman–Crippen MR) is 69.7 cm³/mol. The van der Waals surface area contributed by atoms with E-state index in [1.54, 1.807) is 13.4 Å². The van der Waals surface area contributed by atoms with Gasteiger partial charge in [-0.1, -0.05) is 13.8 Å². The zero-order chi connectivity index (χ0) is 12.7. The van der Waals surface area contributed by atoms with Gasteiger partial charge in [0.1, 0.15) is 6.26 Å². The van der Waals surface area contributed by atoms with Gasteiger partial charge in [0.05, 0.1) is 18.2 Å². The van der Waals surface area contributed by atoms with Crippen molar-refractivity contribution in [2.24, 2.45) is 0 Å². The Hall–Kier alpha value is -0.740. The highest BCUT2D eigenvalue weighted by Gasteiger charge is 2.20. The fraction of sp³-hybridized carbons (Fsp3) is 0.750. The molecule has 5 heteroatoms. The second kappa shape index (κ2) is 7.56. The highest BCUT2D eigenvalue weighted by atomic mass is 35.5. The van der Waals surface area contributed by atoms with E-state index < -0.39 is 0 Å². The van der Waals surface area contributed by atoms with Crippen LogP contribution in [0.25, 0.3) is 0 Å². The number of halogens is 1. The normalized spacial score (nSPS) is 11.1. The molecule has 0 aliphatic carbocycles. The van der Waals surface area contributed by atoms with Crippen molar-refractivity contribution in [1.82, 2.24) is 4.98 Å². The maximum atomic E-state index is 5.73. The van der Waals surface area contributed by atoms with Crippen molar-refractivity contribution in [2.75, 3.05) is 25.2 Å². The van der Waals surface area contributed by atoms with Crippen LogP contribution in [0.4, 0.5) is 6.01 Å². The second-order valence-electron chi connectivity index (χ2n) is 3.91. The first kappa shape index (κ1) is 14.3. The quantitative estimate of drug-likeness (QED) is 0.674. The molecule has 0 bridgehead atoms. The van der Waals surface area contributed by atoms with Crippen LogP contribution in [0.15, 0.2) is 10.7 Å². The molecule has 0 N–H and O–H groups in total. The van der Waals surface area contributed by atoms with Crippen molar-refractivity contribution in [3.63, 3.8) is 0 Å². The lowest BCUT2D eigenvalue weighted by Gasteiger charge is -2.28. The molecule has 0 unspecified atom stereocenters. The number of hydrogen-bond acceptors (Lipinski definition) is 4. The molecular formula is C12H21ClN2O2. The average Bonchev–Trinajstić information content (AvgIpc) is 2.83. The molecule has 1 aromatic rings. The third-order valence-electron chi connectivity index (χ3n) is 2.84. The predicted octanol–water partition coefficient (Wildman–Crippen LogP) is 3.05. The van der Waals surface area contributed by atoms with Crippen LogP contribution in [0.1, 0.15) is 32.4 Å². The van der Waals surface area contributed by atoms with E-state index in [1.807, 2.05) is 0 Å². The second-order valence-corrected chi connectivity index (χ2v) is 4.18. The monoisotopic (exact) mass is 260 g/mol. The van der Waals surface area contributed by atoms with Crippen LogP contribution in [0.5, 0.6) is 0 Å². The van der Waals surface area contributed by atoms with E-state index in [0.29, 0.717) is 24.5 Å². The zero-order valence-corrected chi connectivity index (χ0v) is 11.5. The summed E-state index contributed by atoms with van der Waals surface area (Å²) >= 11 is 5.73. The van der Waals surface area contributed by atoms with Crippen molar-refractivity contribution in [1.29, 1.82) is 0 Å². The van der Waals surface area contributed by atoms with Gasteiger partial charge in [-0.05, 0) is 12.8 Å². The van der Waals surface area contributed by atoms with Crippen LogP contribution in [0, 0.1) is 0 Å². The van der Waals surface area contributed by atoms with E-state index in [0.717, 1.165) is 25.1 Å². The fourth-order valence-corrected chi connectivity index (χ4v) is 1.97. The minimum Gasteiger partial charge on any atom is -0.432 e. The summed E-state index contributed by atoms with van der Waals surface area (Å²) in [6, 6.07) is 1.07. The lowest BCUT2D eigenvalue weighted by atomic mass is 10.1. The first-order chi connectivity index (χ1) is 8.26. The molecule has 4 nitrogen and oxygen atoms in total. The van der Waals surface area contributed by atoms with Gasteiger partial charge in [-0.15, -0.1) is 11.6 Å². The van der Waals surface area contributed by atoms with Crippen molar-refractivity contribution in [2.45, 2.75) is 38.6 Å².